The summed E-state index contributed by atoms with van der Waals surface area (Å²) < 4.78 is 31.3. The first kappa shape index (κ1) is 13.1. The molecule has 16 heavy (non-hydrogen) atoms. The zero-order valence-corrected chi connectivity index (χ0v) is 10.7. The molecule has 0 atom stereocenters. The third-order valence-corrected chi connectivity index (χ3v) is 3.49. The number of ether oxygens (including phenoxy) is 1. The maximum absolute atomic E-state index is 11.9. The fourth-order valence-electron chi connectivity index (χ4n) is 1.34. The van der Waals surface area contributed by atoms with Crippen LogP contribution in [0.3, 0.4) is 0 Å². The van der Waals surface area contributed by atoms with Crippen LogP contribution in [0.1, 0.15) is 19.7 Å². The summed E-state index contributed by atoms with van der Waals surface area (Å²) in [6, 6.07) is 0. The van der Waals surface area contributed by atoms with Crippen LogP contribution in [0.15, 0.2) is 11.2 Å². The Balaban J connectivity index is 2.88. The molecular weight excluding hydrogens is 230 g/mol. The van der Waals surface area contributed by atoms with Gasteiger partial charge >= 0.3 is 0 Å². The highest BCUT2D eigenvalue weighted by Crippen LogP contribution is 2.11. The maximum Gasteiger partial charge on any atom is 0.258 e. The van der Waals surface area contributed by atoms with E-state index in [2.05, 4.69) is 14.7 Å². The van der Waals surface area contributed by atoms with Gasteiger partial charge in [0.1, 0.15) is 5.82 Å². The van der Waals surface area contributed by atoms with Gasteiger partial charge in [-0.3, -0.25) is 0 Å². The minimum Gasteiger partial charge on any atom is -0.383 e. The second-order valence-electron chi connectivity index (χ2n) is 4.26. The predicted octanol–water partition coefficient (Wildman–Crippen LogP) is 0.421. The van der Waals surface area contributed by atoms with Gasteiger partial charge in [-0.05, 0) is 20.8 Å². The number of nitrogens with zero attached hydrogens (tertiary/aromatic N) is 1. The molecule has 1 aromatic heterocycles. The monoisotopic (exact) mass is 247 g/mol. The van der Waals surface area contributed by atoms with E-state index in [0.717, 1.165) is 0 Å². The summed E-state index contributed by atoms with van der Waals surface area (Å²) in [6.45, 7) is 5.48. The van der Waals surface area contributed by atoms with Gasteiger partial charge in [-0.15, -0.1) is 0 Å². The largest absolute Gasteiger partial charge is 0.383 e. The number of H-pyrrole nitrogens is 1. The summed E-state index contributed by atoms with van der Waals surface area (Å²) in [5.41, 5.74) is -0.660. The Kier molecular flexibility index (Phi) is 3.72. The molecule has 1 rings (SSSR count). The van der Waals surface area contributed by atoms with Crippen LogP contribution in [0, 0.1) is 6.92 Å². The van der Waals surface area contributed by atoms with Gasteiger partial charge in [0, 0.05) is 7.11 Å². The molecule has 1 aromatic rings. The number of aryl methyl sites for hydroxylation is 1. The number of sulfonamides is 1. The molecule has 7 heteroatoms. The highest BCUT2D eigenvalue weighted by atomic mass is 32.2. The molecule has 92 valence electrons. The molecule has 2 N–H and O–H groups in total. The molecule has 0 spiro atoms. The zero-order chi connectivity index (χ0) is 12.4. The topological polar surface area (TPSA) is 84.1 Å². The third kappa shape index (κ3) is 3.29. The number of rotatable bonds is 5. The summed E-state index contributed by atoms with van der Waals surface area (Å²) in [6.07, 6.45) is 1.29. The third-order valence-electron chi connectivity index (χ3n) is 1.88. The van der Waals surface area contributed by atoms with Gasteiger partial charge in [0.05, 0.1) is 18.3 Å². The molecule has 0 amide bonds. The van der Waals surface area contributed by atoms with Crippen LogP contribution in [0.4, 0.5) is 0 Å². The molecule has 0 aliphatic rings. The lowest BCUT2D eigenvalue weighted by atomic mass is 10.1. The van der Waals surface area contributed by atoms with E-state index in [-0.39, 0.29) is 5.03 Å². The first-order valence-corrected chi connectivity index (χ1v) is 6.30. The van der Waals surface area contributed by atoms with Crippen molar-refractivity contribution in [1.29, 1.82) is 0 Å². The van der Waals surface area contributed by atoms with Gasteiger partial charge in [-0.1, -0.05) is 0 Å². The first-order chi connectivity index (χ1) is 7.27. The minimum absolute atomic E-state index is 0.0641. The molecule has 0 saturated carbocycles. The molecular formula is C9H17N3O3S. The highest BCUT2D eigenvalue weighted by molar-refractivity contribution is 7.89. The molecule has 0 saturated heterocycles. The molecule has 0 unspecified atom stereocenters. The predicted molar refractivity (Wildman–Crippen MR) is 59.6 cm³/mol. The standard InChI is InChI=1S/C9H17N3O3S/c1-7-10-5-8(11-7)16(13,14)12-9(2,3)6-15-4/h5,12H,6H2,1-4H3,(H,10,11). The second kappa shape index (κ2) is 4.52. The molecule has 0 aromatic carbocycles. The molecule has 0 fully saturated rings. The highest BCUT2D eigenvalue weighted by Gasteiger charge is 2.27. The van der Waals surface area contributed by atoms with Crippen LogP contribution in [-0.2, 0) is 14.8 Å². The van der Waals surface area contributed by atoms with E-state index in [1.165, 1.54) is 13.3 Å². The molecule has 0 aliphatic carbocycles. The Hall–Kier alpha value is -0.920. The summed E-state index contributed by atoms with van der Waals surface area (Å²) >= 11 is 0. The van der Waals surface area contributed by atoms with Gasteiger partial charge in [0.25, 0.3) is 10.0 Å². The number of hydrogen-bond donors (Lipinski definition) is 2. The number of nitrogens with one attached hydrogen (secondary N) is 2. The summed E-state index contributed by atoms with van der Waals surface area (Å²) in [5.74, 6) is 0.560. The van der Waals surface area contributed by atoms with E-state index < -0.39 is 15.6 Å². The Labute approximate surface area is 95.5 Å². The molecule has 0 bridgehead atoms. The zero-order valence-electron chi connectivity index (χ0n) is 9.86. The van der Waals surface area contributed by atoms with Gasteiger partial charge < -0.3 is 9.72 Å². The number of methoxy groups -OCH3 is 1. The average molecular weight is 247 g/mol. The second-order valence-corrected chi connectivity index (χ2v) is 5.91. The van der Waals surface area contributed by atoms with Crippen LogP contribution in [0.25, 0.3) is 0 Å². The van der Waals surface area contributed by atoms with Crippen molar-refractivity contribution < 1.29 is 13.2 Å². The van der Waals surface area contributed by atoms with Crippen LogP contribution in [0.2, 0.25) is 0 Å². The normalized spacial score (nSPS) is 13.0. The minimum atomic E-state index is -3.57. The number of imidazole rings is 1. The van der Waals surface area contributed by atoms with Crippen molar-refractivity contribution in [2.45, 2.75) is 31.3 Å². The summed E-state index contributed by atoms with van der Waals surface area (Å²) in [5, 5.41) is 0.0641. The van der Waals surface area contributed by atoms with Gasteiger partial charge in [0.15, 0.2) is 5.03 Å². The van der Waals surface area contributed by atoms with Crippen molar-refractivity contribution >= 4 is 10.0 Å². The van der Waals surface area contributed by atoms with Crippen molar-refractivity contribution in [1.82, 2.24) is 14.7 Å². The van der Waals surface area contributed by atoms with Crippen LogP contribution in [-0.4, -0.2) is 37.6 Å². The molecule has 0 radical (unpaired) electrons. The fourth-order valence-corrected chi connectivity index (χ4v) is 2.71. The van der Waals surface area contributed by atoms with E-state index >= 15 is 0 Å². The maximum atomic E-state index is 11.9. The molecule has 1 heterocycles. The van der Waals surface area contributed by atoms with Gasteiger partial charge in [-0.25, -0.2) is 18.1 Å². The lowest BCUT2D eigenvalue weighted by Crippen LogP contribution is -2.46. The van der Waals surface area contributed by atoms with E-state index in [0.29, 0.717) is 12.4 Å². The SMILES string of the molecule is COCC(C)(C)NS(=O)(=O)c1cnc(C)[nH]1. The average Bonchev–Trinajstić information content (AvgIpc) is 2.49. The van der Waals surface area contributed by atoms with Crippen LogP contribution in [0.5, 0.6) is 0 Å². The Morgan fingerprint density at radius 3 is 2.62 bits per heavy atom. The van der Waals surface area contributed by atoms with Crippen LogP contribution >= 0.6 is 0 Å². The van der Waals surface area contributed by atoms with Crippen molar-refractivity contribution in [2.75, 3.05) is 13.7 Å². The van der Waals surface area contributed by atoms with Crippen molar-refractivity contribution in [2.24, 2.45) is 0 Å². The molecule has 6 nitrogen and oxygen atoms in total. The lowest BCUT2D eigenvalue weighted by Gasteiger charge is -2.24. The quantitative estimate of drug-likeness (QED) is 0.790. The van der Waals surface area contributed by atoms with Crippen molar-refractivity contribution in [3.8, 4) is 0 Å². The van der Waals surface area contributed by atoms with Gasteiger partial charge in [0.2, 0.25) is 0 Å². The van der Waals surface area contributed by atoms with E-state index in [4.69, 9.17) is 4.74 Å². The number of aromatic amines is 1. The van der Waals surface area contributed by atoms with E-state index in [9.17, 15) is 8.42 Å². The Bertz CT molecular complexity index is 450. The lowest BCUT2D eigenvalue weighted by molar-refractivity contribution is 0.141. The smallest absolute Gasteiger partial charge is 0.258 e. The summed E-state index contributed by atoms with van der Waals surface area (Å²) in [7, 11) is -2.04. The van der Waals surface area contributed by atoms with E-state index in [1.54, 1.807) is 20.8 Å². The summed E-state index contributed by atoms with van der Waals surface area (Å²) in [4.78, 5) is 6.53. The Morgan fingerprint density at radius 1 is 1.56 bits per heavy atom. The fraction of sp³-hybridized carbons (Fsp3) is 0.667. The Morgan fingerprint density at radius 2 is 2.19 bits per heavy atom. The molecule has 0 aliphatic heterocycles. The van der Waals surface area contributed by atoms with Crippen molar-refractivity contribution in [3.05, 3.63) is 12.0 Å². The van der Waals surface area contributed by atoms with Crippen molar-refractivity contribution in [3.63, 3.8) is 0 Å². The van der Waals surface area contributed by atoms with Crippen LogP contribution < -0.4 is 4.72 Å². The number of aromatic nitrogens is 2. The van der Waals surface area contributed by atoms with Gasteiger partial charge in [-0.2, -0.15) is 0 Å². The van der Waals surface area contributed by atoms with E-state index in [1.807, 2.05) is 0 Å². The first-order valence-electron chi connectivity index (χ1n) is 4.81. The number of hydrogen-bond acceptors (Lipinski definition) is 4.